The Morgan fingerprint density at radius 1 is 1.45 bits per heavy atom. The van der Waals surface area contributed by atoms with Crippen LogP contribution >= 0.6 is 11.3 Å². The number of halogens is 2. The summed E-state index contributed by atoms with van der Waals surface area (Å²) < 4.78 is 32.0. The average molecular weight is 298 g/mol. The van der Waals surface area contributed by atoms with E-state index in [2.05, 4.69) is 15.5 Å². The molecule has 0 saturated carbocycles. The zero-order valence-corrected chi connectivity index (χ0v) is 11.4. The number of nitrogens with two attached hydrogens (primary N) is 1. The van der Waals surface area contributed by atoms with Crippen LogP contribution in [0, 0.1) is 11.6 Å². The molecule has 0 amide bonds. The third kappa shape index (κ3) is 3.41. The van der Waals surface area contributed by atoms with Crippen molar-refractivity contribution in [3.8, 4) is 5.75 Å². The second kappa shape index (κ2) is 6.29. The molecule has 0 saturated heterocycles. The Morgan fingerprint density at radius 2 is 2.15 bits per heavy atom. The summed E-state index contributed by atoms with van der Waals surface area (Å²) in [6.45, 7) is 1.84. The lowest BCUT2D eigenvalue weighted by Gasteiger charge is -2.06. The summed E-state index contributed by atoms with van der Waals surface area (Å²) in [6, 6.07) is 2.27. The van der Waals surface area contributed by atoms with Crippen molar-refractivity contribution in [1.82, 2.24) is 4.98 Å². The third-order valence-electron chi connectivity index (χ3n) is 2.21. The first-order valence-electron chi connectivity index (χ1n) is 5.72. The van der Waals surface area contributed by atoms with Crippen molar-refractivity contribution in [3.05, 3.63) is 34.7 Å². The number of nitrogen functional groups attached to an aromatic ring is 1. The van der Waals surface area contributed by atoms with Crippen molar-refractivity contribution in [2.24, 2.45) is 5.10 Å². The topological polar surface area (TPSA) is 72.5 Å². The number of rotatable bonds is 5. The van der Waals surface area contributed by atoms with Gasteiger partial charge in [-0.1, -0.05) is 0 Å². The van der Waals surface area contributed by atoms with Gasteiger partial charge in [-0.15, -0.1) is 11.3 Å². The van der Waals surface area contributed by atoms with Gasteiger partial charge < -0.3 is 10.5 Å². The van der Waals surface area contributed by atoms with E-state index >= 15 is 0 Å². The standard InChI is InChI=1S/C12H12F2N4OS/c1-2-19-11-8(13)3-7(4-9(11)14)5-16-18-12-17-10(15)6-20-12/h3-6H,2,15H2,1H3,(H,17,18). The lowest BCUT2D eigenvalue weighted by molar-refractivity contribution is 0.302. The van der Waals surface area contributed by atoms with Crippen LogP contribution in [0.2, 0.25) is 0 Å². The number of hydrazone groups is 1. The van der Waals surface area contributed by atoms with Gasteiger partial charge in [0, 0.05) is 10.9 Å². The van der Waals surface area contributed by atoms with Gasteiger partial charge in [0.1, 0.15) is 5.82 Å². The smallest absolute Gasteiger partial charge is 0.205 e. The molecule has 2 rings (SSSR count). The van der Waals surface area contributed by atoms with E-state index in [4.69, 9.17) is 10.5 Å². The summed E-state index contributed by atoms with van der Waals surface area (Å²) in [5, 5.41) is 5.96. The van der Waals surface area contributed by atoms with Crippen LogP contribution in [-0.4, -0.2) is 17.8 Å². The molecule has 0 aliphatic heterocycles. The zero-order valence-electron chi connectivity index (χ0n) is 10.6. The van der Waals surface area contributed by atoms with Crippen molar-refractivity contribution in [1.29, 1.82) is 0 Å². The number of nitrogens with zero attached hydrogens (tertiary/aromatic N) is 2. The van der Waals surface area contributed by atoms with E-state index < -0.39 is 11.6 Å². The number of hydrogen-bond acceptors (Lipinski definition) is 6. The average Bonchev–Trinajstić information content (AvgIpc) is 2.80. The Bertz CT molecular complexity index is 607. The molecule has 2 aromatic rings. The van der Waals surface area contributed by atoms with Crippen molar-refractivity contribution in [3.63, 3.8) is 0 Å². The monoisotopic (exact) mass is 298 g/mol. The Balaban J connectivity index is 2.09. The lowest BCUT2D eigenvalue weighted by atomic mass is 10.2. The molecule has 0 radical (unpaired) electrons. The molecule has 0 spiro atoms. The molecule has 0 aliphatic rings. The molecule has 0 atom stereocenters. The summed E-state index contributed by atoms with van der Waals surface area (Å²) in [6.07, 6.45) is 1.28. The first kappa shape index (κ1) is 14.2. The number of nitrogens with one attached hydrogen (secondary N) is 1. The quantitative estimate of drug-likeness (QED) is 0.657. The number of thiazole rings is 1. The number of anilines is 2. The summed E-state index contributed by atoms with van der Waals surface area (Å²) in [4.78, 5) is 3.92. The highest BCUT2D eigenvalue weighted by molar-refractivity contribution is 7.14. The number of benzene rings is 1. The van der Waals surface area contributed by atoms with E-state index in [-0.39, 0.29) is 17.9 Å². The zero-order chi connectivity index (χ0) is 14.5. The third-order valence-corrected chi connectivity index (χ3v) is 2.97. The molecule has 0 aliphatic carbocycles. The van der Waals surface area contributed by atoms with Crippen LogP contribution in [0.25, 0.3) is 0 Å². The largest absolute Gasteiger partial charge is 0.488 e. The Morgan fingerprint density at radius 3 is 2.70 bits per heavy atom. The predicted octanol–water partition coefficient (Wildman–Crippen LogP) is 2.85. The molecule has 0 fully saturated rings. The molecule has 5 nitrogen and oxygen atoms in total. The highest BCUT2D eigenvalue weighted by Gasteiger charge is 2.11. The van der Waals surface area contributed by atoms with Crippen molar-refractivity contribution >= 4 is 28.5 Å². The molecule has 1 aromatic heterocycles. The molecule has 8 heteroatoms. The maximum atomic E-state index is 13.6. The maximum absolute atomic E-state index is 13.6. The van der Waals surface area contributed by atoms with Crippen LogP contribution in [0.5, 0.6) is 5.75 Å². The first-order chi connectivity index (χ1) is 9.60. The minimum atomic E-state index is -0.771. The van der Waals surface area contributed by atoms with E-state index in [0.29, 0.717) is 10.9 Å². The first-order valence-corrected chi connectivity index (χ1v) is 6.60. The van der Waals surface area contributed by atoms with Gasteiger partial charge >= 0.3 is 0 Å². The molecule has 0 unspecified atom stereocenters. The van der Waals surface area contributed by atoms with Gasteiger partial charge in [0.05, 0.1) is 12.8 Å². The molecule has 106 valence electrons. The minimum Gasteiger partial charge on any atom is -0.488 e. The van der Waals surface area contributed by atoms with E-state index in [1.807, 2.05) is 0 Å². The normalized spacial score (nSPS) is 10.9. The van der Waals surface area contributed by atoms with Gasteiger partial charge in [-0.25, -0.2) is 13.8 Å². The van der Waals surface area contributed by atoms with Gasteiger partial charge in [0.25, 0.3) is 0 Å². The Kier molecular flexibility index (Phi) is 4.46. The predicted molar refractivity (Wildman–Crippen MR) is 75.3 cm³/mol. The minimum absolute atomic E-state index is 0.189. The van der Waals surface area contributed by atoms with Crippen molar-refractivity contribution < 1.29 is 13.5 Å². The molecule has 0 bridgehead atoms. The number of hydrogen-bond donors (Lipinski definition) is 2. The SMILES string of the molecule is CCOc1c(F)cc(C=NNc2nc(N)cs2)cc1F. The van der Waals surface area contributed by atoms with Gasteiger partial charge in [-0.05, 0) is 19.1 Å². The highest BCUT2D eigenvalue weighted by Crippen LogP contribution is 2.22. The summed E-state index contributed by atoms with van der Waals surface area (Å²) >= 11 is 1.27. The second-order valence-electron chi connectivity index (χ2n) is 3.69. The fraction of sp³-hybridized carbons (Fsp3) is 0.167. The van der Waals surface area contributed by atoms with Crippen molar-refractivity contribution in [2.75, 3.05) is 17.8 Å². The highest BCUT2D eigenvalue weighted by atomic mass is 32.1. The van der Waals surface area contributed by atoms with E-state index in [9.17, 15) is 8.78 Å². The van der Waals surface area contributed by atoms with Crippen molar-refractivity contribution in [2.45, 2.75) is 6.92 Å². The molecule has 1 aromatic carbocycles. The molecular weight excluding hydrogens is 286 g/mol. The van der Waals surface area contributed by atoms with Crippen LogP contribution < -0.4 is 15.9 Å². The summed E-state index contributed by atoms with van der Waals surface area (Å²) in [5.41, 5.74) is 8.32. The van der Waals surface area contributed by atoms with Crippen LogP contribution in [-0.2, 0) is 0 Å². The molecule has 20 heavy (non-hydrogen) atoms. The maximum Gasteiger partial charge on any atom is 0.205 e. The van der Waals surface area contributed by atoms with Gasteiger partial charge in [0.15, 0.2) is 17.4 Å². The fourth-order valence-corrected chi connectivity index (χ4v) is 1.98. The second-order valence-corrected chi connectivity index (χ2v) is 4.55. The summed E-state index contributed by atoms with van der Waals surface area (Å²) in [7, 11) is 0. The Hall–Kier alpha value is -2.22. The van der Waals surface area contributed by atoms with Gasteiger partial charge in [0.2, 0.25) is 5.13 Å². The van der Waals surface area contributed by atoms with Gasteiger partial charge in [-0.3, -0.25) is 5.43 Å². The molecular formula is C12H12F2N4OS. The molecule has 1 heterocycles. The van der Waals surface area contributed by atoms with E-state index in [1.165, 1.54) is 17.6 Å². The van der Waals surface area contributed by atoms with E-state index in [1.54, 1.807) is 12.3 Å². The number of aromatic nitrogens is 1. The fourth-order valence-electron chi connectivity index (χ4n) is 1.44. The lowest BCUT2D eigenvalue weighted by Crippen LogP contribution is -2.00. The molecule has 3 N–H and O–H groups in total. The van der Waals surface area contributed by atoms with E-state index in [0.717, 1.165) is 12.1 Å². The Labute approximate surface area is 118 Å². The van der Waals surface area contributed by atoms with Crippen LogP contribution in [0.4, 0.5) is 19.7 Å². The van der Waals surface area contributed by atoms with Crippen LogP contribution in [0.1, 0.15) is 12.5 Å². The van der Waals surface area contributed by atoms with Gasteiger partial charge in [-0.2, -0.15) is 5.10 Å². The van der Waals surface area contributed by atoms with Crippen LogP contribution in [0.3, 0.4) is 0 Å². The van der Waals surface area contributed by atoms with Crippen LogP contribution in [0.15, 0.2) is 22.6 Å². The number of ether oxygens (including phenoxy) is 1. The summed E-state index contributed by atoms with van der Waals surface area (Å²) in [5.74, 6) is -1.55.